The van der Waals surface area contributed by atoms with E-state index in [4.69, 9.17) is 0 Å². The molecule has 5 rings (SSSR count). The Bertz CT molecular complexity index is 1170. The standard InChI is InChI=1S/C29H34F3N3O3/c1-18-5-6-24(15-33-18)28(38)13-21-11-25(12-22(21)14-28)35-8-7-19(17-35)9-26(36)16-34-27(37)20-3-2-4-23(10-20)29(30,31)32/h2-6,10,15,19,21-22,25,38H,7-9,11-14,16-17H2,1H3,(H,34,37)/t19-,21-,22+,25?,28?/m0/s1. The van der Waals surface area contributed by atoms with Crippen molar-refractivity contribution >= 4 is 11.7 Å². The van der Waals surface area contributed by atoms with Crippen LogP contribution in [-0.2, 0) is 16.6 Å². The largest absolute Gasteiger partial charge is 0.416 e. The number of likely N-dealkylation sites (tertiary alicyclic amines) is 1. The second-order valence-electron chi connectivity index (χ2n) is 11.4. The lowest BCUT2D eigenvalue weighted by Gasteiger charge is -2.28. The highest BCUT2D eigenvalue weighted by atomic mass is 19.4. The summed E-state index contributed by atoms with van der Waals surface area (Å²) in [4.78, 5) is 31.6. The van der Waals surface area contributed by atoms with Gasteiger partial charge in [-0.15, -0.1) is 0 Å². The van der Waals surface area contributed by atoms with Crippen molar-refractivity contribution in [2.24, 2.45) is 17.8 Å². The van der Waals surface area contributed by atoms with Crippen LogP contribution >= 0.6 is 0 Å². The molecule has 38 heavy (non-hydrogen) atoms. The molecule has 0 radical (unpaired) electrons. The summed E-state index contributed by atoms with van der Waals surface area (Å²) >= 11 is 0. The number of nitrogens with zero attached hydrogens (tertiary/aromatic N) is 2. The maximum absolute atomic E-state index is 12.9. The molecule has 9 heteroatoms. The number of pyridine rings is 1. The topological polar surface area (TPSA) is 82.5 Å². The van der Waals surface area contributed by atoms with E-state index in [1.54, 1.807) is 6.20 Å². The van der Waals surface area contributed by atoms with E-state index in [-0.39, 0.29) is 23.8 Å². The molecule has 204 valence electrons. The fraction of sp³-hybridized carbons (Fsp3) is 0.552. The Kier molecular flexibility index (Phi) is 7.35. The van der Waals surface area contributed by atoms with Crippen molar-refractivity contribution in [2.45, 2.75) is 63.3 Å². The minimum absolute atomic E-state index is 0.114. The van der Waals surface area contributed by atoms with Gasteiger partial charge in [0.05, 0.1) is 17.7 Å². The third kappa shape index (κ3) is 5.78. The van der Waals surface area contributed by atoms with Gasteiger partial charge in [-0.25, -0.2) is 0 Å². The quantitative estimate of drug-likeness (QED) is 0.552. The van der Waals surface area contributed by atoms with E-state index in [1.807, 2.05) is 19.1 Å². The van der Waals surface area contributed by atoms with Crippen LogP contribution in [0.2, 0.25) is 0 Å². The van der Waals surface area contributed by atoms with E-state index in [0.29, 0.717) is 24.3 Å². The van der Waals surface area contributed by atoms with Crippen LogP contribution in [0.15, 0.2) is 42.6 Å². The molecule has 1 aromatic carbocycles. The normalized spacial score (nSPS) is 29.4. The summed E-state index contributed by atoms with van der Waals surface area (Å²) in [7, 11) is 0. The zero-order valence-corrected chi connectivity index (χ0v) is 21.5. The molecular formula is C29H34F3N3O3. The number of hydrogen-bond donors (Lipinski definition) is 2. The van der Waals surface area contributed by atoms with E-state index in [2.05, 4.69) is 15.2 Å². The van der Waals surface area contributed by atoms with Crippen LogP contribution in [0, 0.1) is 24.7 Å². The number of ketones is 1. The van der Waals surface area contributed by atoms with Crippen LogP contribution in [-0.4, -0.2) is 52.4 Å². The average Bonchev–Trinajstić information content (AvgIpc) is 3.56. The number of nitrogens with one attached hydrogen (secondary N) is 1. The molecule has 2 N–H and O–H groups in total. The minimum Gasteiger partial charge on any atom is -0.385 e. The first-order valence-corrected chi connectivity index (χ1v) is 13.4. The number of carbonyl (C=O) groups is 2. The molecule has 1 saturated heterocycles. The Hall–Kier alpha value is -2.78. The van der Waals surface area contributed by atoms with Gasteiger partial charge in [-0.1, -0.05) is 12.1 Å². The zero-order valence-electron chi connectivity index (χ0n) is 21.5. The van der Waals surface area contributed by atoms with Crippen molar-refractivity contribution in [3.05, 3.63) is 65.0 Å². The predicted octanol–water partition coefficient (Wildman–Crippen LogP) is 4.50. The first kappa shape index (κ1) is 26.8. The van der Waals surface area contributed by atoms with E-state index < -0.39 is 23.2 Å². The number of Topliss-reactive ketones (excluding diaryl/α,β-unsaturated/α-hetero) is 1. The Balaban J connectivity index is 1.07. The summed E-state index contributed by atoms with van der Waals surface area (Å²) in [6, 6.07) is 8.60. The highest BCUT2D eigenvalue weighted by Crippen LogP contribution is 2.54. The van der Waals surface area contributed by atoms with E-state index in [9.17, 15) is 27.9 Å². The summed E-state index contributed by atoms with van der Waals surface area (Å²) in [6.07, 6.45) is 2.17. The monoisotopic (exact) mass is 529 g/mol. The van der Waals surface area contributed by atoms with Gasteiger partial charge in [0.2, 0.25) is 0 Å². The number of aromatic nitrogens is 1. The zero-order chi connectivity index (χ0) is 27.1. The molecule has 0 bridgehead atoms. The molecule has 3 aliphatic rings. The van der Waals surface area contributed by atoms with Gasteiger partial charge in [0.15, 0.2) is 5.78 Å². The van der Waals surface area contributed by atoms with Crippen molar-refractivity contribution in [1.29, 1.82) is 0 Å². The van der Waals surface area contributed by atoms with Gasteiger partial charge in [-0.05, 0) is 87.6 Å². The molecule has 5 atom stereocenters. The number of aliphatic hydroxyl groups is 1. The summed E-state index contributed by atoms with van der Waals surface area (Å²) in [5.41, 5.74) is 0.0524. The molecule has 2 saturated carbocycles. The van der Waals surface area contributed by atoms with Crippen LogP contribution in [0.25, 0.3) is 0 Å². The fourth-order valence-corrected chi connectivity index (χ4v) is 6.78. The summed E-state index contributed by atoms with van der Waals surface area (Å²) in [5, 5.41) is 13.8. The highest BCUT2D eigenvalue weighted by molar-refractivity contribution is 5.96. The number of hydrogen-bond acceptors (Lipinski definition) is 5. The lowest BCUT2D eigenvalue weighted by Crippen LogP contribution is -2.34. The van der Waals surface area contributed by atoms with Crippen molar-refractivity contribution < 1.29 is 27.9 Å². The summed E-state index contributed by atoms with van der Waals surface area (Å²) < 4.78 is 38.7. The van der Waals surface area contributed by atoms with Gasteiger partial charge in [0.25, 0.3) is 5.91 Å². The molecule has 2 aromatic rings. The molecule has 2 aliphatic carbocycles. The molecule has 3 fully saturated rings. The molecule has 1 amide bonds. The third-order valence-corrected chi connectivity index (χ3v) is 8.71. The second-order valence-corrected chi connectivity index (χ2v) is 11.4. The molecule has 1 aromatic heterocycles. The number of alkyl halides is 3. The average molecular weight is 530 g/mol. The Morgan fingerprint density at radius 1 is 1.16 bits per heavy atom. The Labute approximate surface area is 220 Å². The molecule has 2 heterocycles. The highest BCUT2D eigenvalue weighted by Gasteiger charge is 2.51. The van der Waals surface area contributed by atoms with Gasteiger partial charge in [0.1, 0.15) is 0 Å². The molecule has 0 spiro atoms. The maximum atomic E-state index is 12.9. The number of amides is 1. The van der Waals surface area contributed by atoms with E-state index >= 15 is 0 Å². The van der Waals surface area contributed by atoms with Crippen LogP contribution in [0.3, 0.4) is 0 Å². The van der Waals surface area contributed by atoms with E-state index in [0.717, 1.165) is 68.6 Å². The van der Waals surface area contributed by atoms with Gasteiger partial charge in [-0.3, -0.25) is 14.6 Å². The maximum Gasteiger partial charge on any atom is 0.416 e. The summed E-state index contributed by atoms with van der Waals surface area (Å²) in [5.74, 6) is 0.383. The van der Waals surface area contributed by atoms with Gasteiger partial charge in [0, 0.05) is 42.0 Å². The molecule has 6 nitrogen and oxygen atoms in total. The van der Waals surface area contributed by atoms with Crippen molar-refractivity contribution in [2.75, 3.05) is 19.6 Å². The lowest BCUT2D eigenvalue weighted by atomic mass is 9.90. The minimum atomic E-state index is -4.53. The van der Waals surface area contributed by atoms with Gasteiger partial charge in [-0.2, -0.15) is 13.2 Å². The molecular weight excluding hydrogens is 495 g/mol. The Morgan fingerprint density at radius 3 is 2.55 bits per heavy atom. The molecule has 1 aliphatic heterocycles. The fourth-order valence-electron chi connectivity index (χ4n) is 6.78. The van der Waals surface area contributed by atoms with Crippen molar-refractivity contribution in [1.82, 2.24) is 15.2 Å². The second kappa shape index (κ2) is 10.4. The predicted molar refractivity (Wildman–Crippen MR) is 135 cm³/mol. The number of rotatable bonds is 7. The lowest BCUT2D eigenvalue weighted by molar-refractivity contribution is -0.137. The number of halogens is 3. The van der Waals surface area contributed by atoms with Crippen LogP contribution < -0.4 is 5.32 Å². The van der Waals surface area contributed by atoms with E-state index in [1.165, 1.54) is 12.1 Å². The first-order chi connectivity index (χ1) is 18.0. The first-order valence-electron chi connectivity index (χ1n) is 13.4. The number of benzene rings is 1. The van der Waals surface area contributed by atoms with Gasteiger partial charge < -0.3 is 15.3 Å². The number of aryl methyl sites for hydroxylation is 1. The van der Waals surface area contributed by atoms with Crippen LogP contribution in [0.4, 0.5) is 13.2 Å². The number of fused-ring (bicyclic) bond motifs is 1. The SMILES string of the molecule is Cc1ccc(C2(O)C[C@H]3CC(N4CC[C@@H](CC(=O)CNC(=O)c5cccc(C(F)(F)F)c5)C4)C[C@H]3C2)cn1. The van der Waals surface area contributed by atoms with Crippen LogP contribution in [0.1, 0.15) is 65.7 Å². The van der Waals surface area contributed by atoms with Gasteiger partial charge >= 0.3 is 6.18 Å². The molecule has 2 unspecified atom stereocenters. The Morgan fingerprint density at radius 2 is 1.89 bits per heavy atom. The van der Waals surface area contributed by atoms with Crippen molar-refractivity contribution in [3.8, 4) is 0 Å². The van der Waals surface area contributed by atoms with Crippen molar-refractivity contribution in [3.63, 3.8) is 0 Å². The number of carbonyl (C=O) groups excluding carboxylic acids is 2. The summed E-state index contributed by atoms with van der Waals surface area (Å²) in [6.45, 7) is 3.52. The third-order valence-electron chi connectivity index (χ3n) is 8.71. The van der Waals surface area contributed by atoms with Crippen LogP contribution in [0.5, 0.6) is 0 Å². The smallest absolute Gasteiger partial charge is 0.385 e.